The van der Waals surface area contributed by atoms with Crippen LogP contribution in [0.5, 0.6) is 5.75 Å². The van der Waals surface area contributed by atoms with Crippen LogP contribution in [0.3, 0.4) is 0 Å². The number of para-hydroxylation sites is 1. The van der Waals surface area contributed by atoms with E-state index < -0.39 is 0 Å². The lowest BCUT2D eigenvalue weighted by atomic mass is 10.00. The van der Waals surface area contributed by atoms with Crippen LogP contribution in [0, 0.1) is 5.82 Å². The van der Waals surface area contributed by atoms with Crippen LogP contribution < -0.4 is 20.1 Å². The van der Waals surface area contributed by atoms with Gasteiger partial charge in [0, 0.05) is 31.7 Å². The van der Waals surface area contributed by atoms with Gasteiger partial charge in [-0.1, -0.05) is 25.0 Å². The molecule has 2 aliphatic rings. The van der Waals surface area contributed by atoms with Crippen LogP contribution >= 0.6 is 0 Å². The van der Waals surface area contributed by atoms with Gasteiger partial charge in [0.2, 0.25) is 5.95 Å². The van der Waals surface area contributed by atoms with Gasteiger partial charge in [-0.25, -0.2) is 4.39 Å². The first-order valence-corrected chi connectivity index (χ1v) is 10.7. The summed E-state index contributed by atoms with van der Waals surface area (Å²) < 4.78 is 24.9. The Morgan fingerprint density at radius 2 is 2.07 bits per heavy atom. The molecule has 1 aromatic heterocycles. The molecule has 3 heterocycles. The Balaban J connectivity index is 1.64. The number of rotatable bonds is 5. The fourth-order valence-electron chi connectivity index (χ4n) is 4.39. The molecule has 2 aromatic rings. The third-order valence-electron chi connectivity index (χ3n) is 5.91. The van der Waals surface area contributed by atoms with Crippen LogP contribution in [0.2, 0.25) is 0 Å². The number of benzene rings is 1. The van der Waals surface area contributed by atoms with Crippen molar-refractivity contribution in [2.45, 2.75) is 38.1 Å². The summed E-state index contributed by atoms with van der Waals surface area (Å²) in [5.74, 6) is 1.22. The lowest BCUT2D eigenvalue weighted by Gasteiger charge is -2.33. The van der Waals surface area contributed by atoms with Crippen LogP contribution in [0.25, 0.3) is 0 Å². The normalized spacial score (nSPS) is 20.1. The molecule has 0 radical (unpaired) electrons. The smallest absolute Gasteiger partial charge is 0.254 e. The summed E-state index contributed by atoms with van der Waals surface area (Å²) in [6.45, 7) is 3.52. The zero-order valence-electron chi connectivity index (χ0n) is 17.4. The number of hydrogen-bond acceptors (Lipinski definition) is 6. The molecule has 0 spiro atoms. The molecular formula is C22H29FN4O3. The highest BCUT2D eigenvalue weighted by molar-refractivity contribution is 5.45. The Kier molecular flexibility index (Phi) is 6.52. The first kappa shape index (κ1) is 20.7. The number of nitrogens with one attached hydrogen (secondary N) is 1. The summed E-state index contributed by atoms with van der Waals surface area (Å²) in [6, 6.07) is 6.69. The third kappa shape index (κ3) is 4.59. The number of ether oxygens (including phenoxy) is 2. The minimum atomic E-state index is -0.351. The van der Waals surface area contributed by atoms with E-state index in [0.717, 1.165) is 50.9 Å². The second kappa shape index (κ2) is 9.47. The lowest BCUT2D eigenvalue weighted by molar-refractivity contribution is 0.122. The summed E-state index contributed by atoms with van der Waals surface area (Å²) >= 11 is 0. The van der Waals surface area contributed by atoms with Gasteiger partial charge in [-0.2, -0.15) is 4.98 Å². The predicted molar refractivity (Wildman–Crippen MR) is 114 cm³/mol. The first-order valence-electron chi connectivity index (χ1n) is 10.7. The van der Waals surface area contributed by atoms with Crippen LogP contribution in [0.4, 0.5) is 16.2 Å². The van der Waals surface area contributed by atoms with Crippen molar-refractivity contribution >= 4 is 11.8 Å². The number of hydrogen-bond donors (Lipinski definition) is 1. The second-order valence-corrected chi connectivity index (χ2v) is 7.86. The maximum atomic E-state index is 14.2. The van der Waals surface area contributed by atoms with E-state index in [2.05, 4.69) is 14.8 Å². The molecule has 0 amide bonds. The molecule has 2 saturated heterocycles. The molecule has 0 bridgehead atoms. The molecule has 0 unspecified atom stereocenters. The molecule has 4 rings (SSSR count). The van der Waals surface area contributed by atoms with Crippen LogP contribution in [0.15, 0.2) is 29.1 Å². The van der Waals surface area contributed by atoms with Crippen LogP contribution in [-0.2, 0) is 11.2 Å². The predicted octanol–water partition coefficient (Wildman–Crippen LogP) is 2.75. The number of methoxy groups -OCH3 is 1. The van der Waals surface area contributed by atoms with Crippen molar-refractivity contribution in [1.82, 2.24) is 9.97 Å². The van der Waals surface area contributed by atoms with Crippen LogP contribution in [-0.4, -0.2) is 56.0 Å². The lowest BCUT2D eigenvalue weighted by Crippen LogP contribution is -2.41. The average Bonchev–Trinajstić information content (AvgIpc) is 3.00. The highest BCUT2D eigenvalue weighted by atomic mass is 19.1. The Morgan fingerprint density at radius 1 is 1.23 bits per heavy atom. The van der Waals surface area contributed by atoms with Crippen molar-refractivity contribution in [2.75, 3.05) is 49.8 Å². The summed E-state index contributed by atoms with van der Waals surface area (Å²) in [7, 11) is 1.50. The number of aromatic nitrogens is 2. The van der Waals surface area contributed by atoms with Crippen LogP contribution in [0.1, 0.15) is 31.2 Å². The molecule has 30 heavy (non-hydrogen) atoms. The molecule has 7 nitrogen and oxygen atoms in total. The summed E-state index contributed by atoms with van der Waals surface area (Å²) in [6.07, 6.45) is 4.83. The van der Waals surface area contributed by atoms with Crippen molar-refractivity contribution < 1.29 is 13.9 Å². The monoisotopic (exact) mass is 416 g/mol. The quantitative estimate of drug-likeness (QED) is 0.808. The number of nitrogens with zero attached hydrogens (tertiary/aromatic N) is 3. The maximum absolute atomic E-state index is 14.2. The highest BCUT2D eigenvalue weighted by Crippen LogP contribution is 2.29. The Morgan fingerprint density at radius 3 is 2.87 bits per heavy atom. The Bertz CT molecular complexity index is 913. The van der Waals surface area contributed by atoms with E-state index in [4.69, 9.17) is 14.5 Å². The van der Waals surface area contributed by atoms with Gasteiger partial charge < -0.3 is 19.3 Å². The first-order chi connectivity index (χ1) is 14.7. The molecule has 1 aromatic carbocycles. The number of anilines is 2. The molecule has 2 fully saturated rings. The topological polar surface area (TPSA) is 70.7 Å². The van der Waals surface area contributed by atoms with Gasteiger partial charge >= 0.3 is 0 Å². The zero-order valence-corrected chi connectivity index (χ0v) is 17.4. The molecule has 1 N–H and O–H groups in total. The number of aromatic amines is 1. The molecule has 8 heteroatoms. The van der Waals surface area contributed by atoms with E-state index >= 15 is 0 Å². The van der Waals surface area contributed by atoms with E-state index in [-0.39, 0.29) is 17.4 Å². The third-order valence-corrected chi connectivity index (χ3v) is 5.91. The zero-order chi connectivity index (χ0) is 20.9. The molecule has 0 saturated carbocycles. The summed E-state index contributed by atoms with van der Waals surface area (Å²) in [5, 5.41) is 0. The van der Waals surface area contributed by atoms with Crippen molar-refractivity contribution in [3.63, 3.8) is 0 Å². The molecule has 2 aliphatic heterocycles. The van der Waals surface area contributed by atoms with E-state index in [1.54, 1.807) is 12.1 Å². The number of halogens is 1. The standard InChI is InChI=1S/C22H29FN4O3/c1-29-21-16(6-5-8-18(21)23)14-17-7-3-2-4-9-27(17)22-24-19(15-20(28)25-22)26-10-12-30-13-11-26/h5-6,8,15,17H,2-4,7,9-14H2,1H3,(H,24,25,28)/t17-/m0/s1. The molecule has 1 atom stereocenters. The van der Waals surface area contributed by atoms with Crippen molar-refractivity contribution in [3.8, 4) is 5.75 Å². The molecule has 162 valence electrons. The average molecular weight is 416 g/mol. The van der Waals surface area contributed by atoms with Gasteiger partial charge in [-0.05, 0) is 30.9 Å². The fourth-order valence-corrected chi connectivity index (χ4v) is 4.39. The number of morpholine rings is 1. The minimum Gasteiger partial charge on any atom is -0.493 e. The van der Waals surface area contributed by atoms with Gasteiger partial charge in [0.1, 0.15) is 5.82 Å². The van der Waals surface area contributed by atoms with Gasteiger partial charge in [0.25, 0.3) is 5.56 Å². The van der Waals surface area contributed by atoms with Gasteiger partial charge in [-0.3, -0.25) is 9.78 Å². The van der Waals surface area contributed by atoms with Gasteiger partial charge in [0.05, 0.1) is 20.3 Å². The van der Waals surface area contributed by atoms with Crippen molar-refractivity contribution in [3.05, 3.63) is 46.0 Å². The Hall–Kier alpha value is -2.61. The summed E-state index contributed by atoms with van der Waals surface area (Å²) in [5.41, 5.74) is 0.675. The minimum absolute atomic E-state index is 0.103. The van der Waals surface area contributed by atoms with Gasteiger partial charge in [-0.15, -0.1) is 0 Å². The largest absolute Gasteiger partial charge is 0.493 e. The Labute approximate surface area is 175 Å². The summed E-state index contributed by atoms with van der Waals surface area (Å²) in [4.78, 5) is 24.5. The van der Waals surface area contributed by atoms with E-state index in [9.17, 15) is 9.18 Å². The highest BCUT2D eigenvalue weighted by Gasteiger charge is 2.26. The molecular weight excluding hydrogens is 387 g/mol. The van der Waals surface area contributed by atoms with Gasteiger partial charge in [0.15, 0.2) is 11.6 Å². The van der Waals surface area contributed by atoms with Crippen molar-refractivity contribution in [1.29, 1.82) is 0 Å². The second-order valence-electron chi connectivity index (χ2n) is 7.86. The van der Waals surface area contributed by atoms with E-state index in [0.29, 0.717) is 37.2 Å². The molecule has 0 aliphatic carbocycles. The number of H-pyrrole nitrogens is 1. The maximum Gasteiger partial charge on any atom is 0.254 e. The van der Waals surface area contributed by atoms with E-state index in [1.807, 2.05) is 6.07 Å². The van der Waals surface area contributed by atoms with E-state index in [1.165, 1.54) is 13.2 Å². The van der Waals surface area contributed by atoms with Crippen molar-refractivity contribution in [2.24, 2.45) is 0 Å². The fraction of sp³-hybridized carbons (Fsp3) is 0.545. The SMILES string of the molecule is COc1c(F)cccc1C[C@@H]1CCCCCN1c1nc(N2CCOCC2)cc(=O)[nH]1.